The van der Waals surface area contributed by atoms with Gasteiger partial charge in [0.1, 0.15) is 6.61 Å². The Hall–Kier alpha value is -1.30. The van der Waals surface area contributed by atoms with E-state index in [1.807, 2.05) is 0 Å². The van der Waals surface area contributed by atoms with Crippen LogP contribution < -0.4 is 10.1 Å². The zero-order valence-corrected chi connectivity index (χ0v) is 10.3. The Balaban J connectivity index is 1.88. The molecule has 0 bridgehead atoms. The van der Waals surface area contributed by atoms with E-state index in [2.05, 4.69) is 5.32 Å². The van der Waals surface area contributed by atoms with E-state index in [4.69, 9.17) is 4.74 Å². The first-order valence-corrected chi connectivity index (χ1v) is 6.28. The van der Waals surface area contributed by atoms with Crippen molar-refractivity contribution < 1.29 is 22.3 Å². The van der Waals surface area contributed by atoms with Crippen LogP contribution in [0.25, 0.3) is 0 Å². The van der Waals surface area contributed by atoms with E-state index in [1.165, 1.54) is 0 Å². The van der Waals surface area contributed by atoms with Crippen molar-refractivity contribution in [2.24, 2.45) is 0 Å². The highest BCUT2D eigenvalue weighted by molar-refractivity contribution is 5.28. The van der Waals surface area contributed by atoms with Gasteiger partial charge in [-0.1, -0.05) is 12.8 Å². The summed E-state index contributed by atoms with van der Waals surface area (Å²) in [5, 5.41) is 3.16. The molecule has 0 radical (unpaired) electrons. The van der Waals surface area contributed by atoms with Gasteiger partial charge >= 0.3 is 0 Å². The van der Waals surface area contributed by atoms with E-state index < -0.39 is 29.0 Å². The van der Waals surface area contributed by atoms with Crippen molar-refractivity contribution in [1.82, 2.24) is 5.32 Å². The van der Waals surface area contributed by atoms with Gasteiger partial charge in [-0.25, -0.2) is 8.78 Å². The SMILES string of the molecule is Fc1cc(F)c(F)c(OCCNC2CCCC2)c1F. The monoisotopic (exact) mass is 277 g/mol. The van der Waals surface area contributed by atoms with Gasteiger partial charge < -0.3 is 10.1 Å². The zero-order valence-electron chi connectivity index (χ0n) is 10.3. The van der Waals surface area contributed by atoms with Gasteiger partial charge in [0.25, 0.3) is 0 Å². The van der Waals surface area contributed by atoms with Gasteiger partial charge in [-0.3, -0.25) is 0 Å². The van der Waals surface area contributed by atoms with Crippen LogP contribution in [0.4, 0.5) is 17.6 Å². The van der Waals surface area contributed by atoms with E-state index in [1.54, 1.807) is 0 Å². The van der Waals surface area contributed by atoms with E-state index >= 15 is 0 Å². The van der Waals surface area contributed by atoms with Crippen molar-refractivity contribution in [3.63, 3.8) is 0 Å². The van der Waals surface area contributed by atoms with Crippen LogP contribution in [0.2, 0.25) is 0 Å². The molecule has 2 rings (SSSR count). The van der Waals surface area contributed by atoms with Crippen LogP contribution in [-0.4, -0.2) is 19.2 Å². The van der Waals surface area contributed by atoms with Gasteiger partial charge in [-0.15, -0.1) is 0 Å². The van der Waals surface area contributed by atoms with Gasteiger partial charge in [-0.2, -0.15) is 8.78 Å². The summed E-state index contributed by atoms with van der Waals surface area (Å²) in [7, 11) is 0. The van der Waals surface area contributed by atoms with E-state index in [0.29, 0.717) is 12.6 Å². The summed E-state index contributed by atoms with van der Waals surface area (Å²) < 4.78 is 57.1. The van der Waals surface area contributed by atoms with E-state index in [0.717, 1.165) is 25.7 Å². The molecule has 106 valence electrons. The summed E-state index contributed by atoms with van der Waals surface area (Å²) in [4.78, 5) is 0. The van der Waals surface area contributed by atoms with E-state index in [-0.39, 0.29) is 12.7 Å². The fourth-order valence-electron chi connectivity index (χ4n) is 2.22. The third-order valence-electron chi connectivity index (χ3n) is 3.21. The molecule has 1 N–H and O–H groups in total. The third-order valence-corrected chi connectivity index (χ3v) is 3.21. The maximum atomic E-state index is 13.2. The lowest BCUT2D eigenvalue weighted by Gasteiger charge is -2.13. The number of hydrogen-bond acceptors (Lipinski definition) is 2. The zero-order chi connectivity index (χ0) is 13.8. The second-order valence-electron chi connectivity index (χ2n) is 4.58. The molecule has 2 nitrogen and oxygen atoms in total. The maximum Gasteiger partial charge on any atom is 0.203 e. The van der Waals surface area contributed by atoms with Gasteiger partial charge in [-0.05, 0) is 12.8 Å². The predicted octanol–water partition coefficient (Wildman–Crippen LogP) is 3.15. The van der Waals surface area contributed by atoms with Gasteiger partial charge in [0, 0.05) is 18.7 Å². The van der Waals surface area contributed by atoms with Crippen molar-refractivity contribution in [1.29, 1.82) is 0 Å². The molecule has 0 aromatic heterocycles. The Kier molecular flexibility index (Phi) is 4.63. The summed E-state index contributed by atoms with van der Waals surface area (Å²) in [6, 6.07) is 0.552. The largest absolute Gasteiger partial charge is 0.486 e. The summed E-state index contributed by atoms with van der Waals surface area (Å²) in [5.74, 6) is -6.92. The minimum atomic E-state index is -1.50. The van der Waals surface area contributed by atoms with Crippen molar-refractivity contribution in [2.75, 3.05) is 13.2 Å². The fourth-order valence-corrected chi connectivity index (χ4v) is 2.22. The molecule has 0 amide bonds. The molecular formula is C13H15F4NO. The number of ether oxygens (including phenoxy) is 1. The quantitative estimate of drug-likeness (QED) is 0.507. The number of halogens is 4. The first-order chi connectivity index (χ1) is 9.09. The van der Waals surface area contributed by atoms with Crippen molar-refractivity contribution >= 4 is 0 Å². The highest BCUT2D eigenvalue weighted by atomic mass is 19.2. The lowest BCUT2D eigenvalue weighted by Crippen LogP contribution is -2.30. The number of nitrogens with one attached hydrogen (secondary N) is 1. The van der Waals surface area contributed by atoms with Crippen LogP contribution in [0.15, 0.2) is 6.07 Å². The molecule has 1 saturated carbocycles. The molecule has 1 aromatic rings. The average Bonchev–Trinajstić information content (AvgIpc) is 2.89. The Morgan fingerprint density at radius 2 is 1.63 bits per heavy atom. The summed E-state index contributed by atoms with van der Waals surface area (Å²) in [5.41, 5.74) is 0. The first kappa shape index (κ1) is 14.1. The molecule has 1 fully saturated rings. The Morgan fingerprint density at radius 1 is 1.05 bits per heavy atom. The summed E-state index contributed by atoms with van der Waals surface area (Å²) in [6.07, 6.45) is 4.46. The Morgan fingerprint density at radius 3 is 2.21 bits per heavy atom. The number of hydrogen-bond donors (Lipinski definition) is 1. The topological polar surface area (TPSA) is 21.3 Å². The van der Waals surface area contributed by atoms with Crippen molar-refractivity contribution in [2.45, 2.75) is 31.7 Å². The third kappa shape index (κ3) is 3.37. The first-order valence-electron chi connectivity index (χ1n) is 6.28. The number of rotatable bonds is 5. The van der Waals surface area contributed by atoms with Gasteiger partial charge in [0.2, 0.25) is 11.6 Å². The van der Waals surface area contributed by atoms with Crippen LogP contribution in [0, 0.1) is 23.3 Å². The Labute approximate surface area is 108 Å². The van der Waals surface area contributed by atoms with Crippen LogP contribution in [-0.2, 0) is 0 Å². The summed E-state index contributed by atoms with van der Waals surface area (Å²) in [6.45, 7) is 0.328. The molecule has 0 unspecified atom stereocenters. The van der Waals surface area contributed by atoms with Crippen LogP contribution in [0.5, 0.6) is 5.75 Å². The molecule has 6 heteroatoms. The lowest BCUT2D eigenvalue weighted by atomic mass is 10.2. The molecular weight excluding hydrogens is 262 g/mol. The summed E-state index contributed by atoms with van der Waals surface area (Å²) >= 11 is 0. The van der Waals surface area contributed by atoms with Crippen LogP contribution in [0.3, 0.4) is 0 Å². The smallest absolute Gasteiger partial charge is 0.203 e. The second kappa shape index (κ2) is 6.23. The fraction of sp³-hybridized carbons (Fsp3) is 0.538. The molecule has 19 heavy (non-hydrogen) atoms. The van der Waals surface area contributed by atoms with Crippen LogP contribution >= 0.6 is 0 Å². The van der Waals surface area contributed by atoms with Gasteiger partial charge in [0.15, 0.2) is 17.4 Å². The van der Waals surface area contributed by atoms with E-state index in [9.17, 15) is 17.6 Å². The second-order valence-corrected chi connectivity index (χ2v) is 4.58. The highest BCUT2D eigenvalue weighted by Gasteiger charge is 2.20. The average molecular weight is 277 g/mol. The molecule has 0 spiro atoms. The normalized spacial score (nSPS) is 16.0. The predicted molar refractivity (Wildman–Crippen MR) is 62.0 cm³/mol. The molecule has 1 aliphatic carbocycles. The Bertz CT molecular complexity index is 421. The molecule has 0 heterocycles. The molecule has 1 aliphatic rings. The van der Waals surface area contributed by atoms with Crippen molar-refractivity contribution in [3.8, 4) is 5.75 Å². The minimum absolute atomic E-state index is 0.0484. The lowest BCUT2D eigenvalue weighted by molar-refractivity contribution is 0.265. The van der Waals surface area contributed by atoms with Crippen molar-refractivity contribution in [3.05, 3.63) is 29.3 Å². The highest BCUT2D eigenvalue weighted by Crippen LogP contribution is 2.26. The molecule has 1 aromatic carbocycles. The molecule has 0 saturated heterocycles. The van der Waals surface area contributed by atoms with Gasteiger partial charge in [0.05, 0.1) is 0 Å². The molecule has 0 aliphatic heterocycles. The number of benzene rings is 1. The standard InChI is InChI=1S/C13H15F4NO/c14-9-7-10(15)12(17)13(11(9)16)19-6-5-18-8-3-1-2-4-8/h7-8,18H,1-6H2. The molecule has 0 atom stereocenters. The minimum Gasteiger partial charge on any atom is -0.486 e. The maximum absolute atomic E-state index is 13.2. The van der Waals surface area contributed by atoms with Crippen LogP contribution in [0.1, 0.15) is 25.7 Å².